The van der Waals surface area contributed by atoms with Crippen LogP contribution < -0.4 is 10.2 Å². The topological polar surface area (TPSA) is 86.8 Å². The zero-order chi connectivity index (χ0) is 19.6. The van der Waals surface area contributed by atoms with E-state index in [1.54, 1.807) is 29.2 Å². The number of carbonyl (C=O) groups excluding carboxylic acids is 2. The number of anilines is 2. The van der Waals surface area contributed by atoms with Gasteiger partial charge in [-0.05, 0) is 55.0 Å². The van der Waals surface area contributed by atoms with Gasteiger partial charge in [-0.2, -0.15) is 0 Å². The van der Waals surface area contributed by atoms with Gasteiger partial charge in [-0.15, -0.1) is 0 Å². The monoisotopic (exact) mass is 387 g/mol. The van der Waals surface area contributed by atoms with Crippen molar-refractivity contribution in [3.05, 3.63) is 54.1 Å². The Balaban J connectivity index is 1.69. The van der Waals surface area contributed by atoms with Crippen LogP contribution >= 0.6 is 0 Å². The van der Waals surface area contributed by atoms with Gasteiger partial charge in [0.2, 0.25) is 15.9 Å². The van der Waals surface area contributed by atoms with Crippen molar-refractivity contribution in [1.29, 1.82) is 0 Å². The molecule has 1 fully saturated rings. The highest BCUT2D eigenvalue weighted by Crippen LogP contribution is 2.23. The Morgan fingerprint density at radius 2 is 1.67 bits per heavy atom. The van der Waals surface area contributed by atoms with Crippen molar-refractivity contribution in [3.63, 3.8) is 0 Å². The van der Waals surface area contributed by atoms with Crippen LogP contribution in [0.5, 0.6) is 0 Å². The lowest BCUT2D eigenvalue weighted by molar-refractivity contribution is -0.117. The summed E-state index contributed by atoms with van der Waals surface area (Å²) in [5, 5.41) is 2.77. The fourth-order valence-corrected chi connectivity index (χ4v) is 3.74. The summed E-state index contributed by atoms with van der Waals surface area (Å²) >= 11 is 0. The molecule has 1 aliphatic heterocycles. The molecule has 1 aliphatic rings. The summed E-state index contributed by atoms with van der Waals surface area (Å²) < 4.78 is 25.3. The minimum Gasteiger partial charge on any atom is -0.322 e. The Morgan fingerprint density at radius 1 is 1.04 bits per heavy atom. The number of benzene rings is 2. The van der Waals surface area contributed by atoms with Crippen molar-refractivity contribution in [1.82, 2.24) is 4.31 Å². The first-order chi connectivity index (χ1) is 12.8. The summed E-state index contributed by atoms with van der Waals surface area (Å²) in [6.07, 6.45) is 1.43. The number of carbonyl (C=O) groups is 2. The summed E-state index contributed by atoms with van der Waals surface area (Å²) in [7, 11) is -0.619. The van der Waals surface area contributed by atoms with Crippen molar-refractivity contribution in [2.24, 2.45) is 0 Å². The first kappa shape index (κ1) is 19.1. The Kier molecular flexibility index (Phi) is 5.29. The van der Waals surface area contributed by atoms with Gasteiger partial charge in [-0.25, -0.2) is 12.7 Å². The van der Waals surface area contributed by atoms with E-state index in [0.717, 1.165) is 16.4 Å². The third-order valence-corrected chi connectivity index (χ3v) is 6.23. The molecule has 0 saturated carbocycles. The minimum absolute atomic E-state index is 0.111. The smallest absolute Gasteiger partial charge is 0.255 e. The molecule has 27 heavy (non-hydrogen) atoms. The highest BCUT2D eigenvalue weighted by molar-refractivity contribution is 7.89. The molecule has 142 valence electrons. The molecule has 2 aromatic carbocycles. The second-order valence-corrected chi connectivity index (χ2v) is 8.61. The largest absolute Gasteiger partial charge is 0.322 e. The Morgan fingerprint density at radius 3 is 2.19 bits per heavy atom. The standard InChI is InChI=1S/C19H21N3O4S/c1-21(2)27(25,26)17-11-5-14(6-12-17)19(24)20-15-7-9-16(10-8-15)22-13-3-4-18(22)23/h5-12H,3-4,13H2,1-2H3,(H,20,24). The molecule has 1 saturated heterocycles. The van der Waals surface area contributed by atoms with Crippen LogP contribution in [0.4, 0.5) is 11.4 Å². The average Bonchev–Trinajstić information content (AvgIpc) is 3.08. The molecule has 0 aliphatic carbocycles. The van der Waals surface area contributed by atoms with Gasteiger partial charge in [0, 0.05) is 44.0 Å². The zero-order valence-corrected chi connectivity index (χ0v) is 16.0. The van der Waals surface area contributed by atoms with E-state index in [1.807, 2.05) is 0 Å². The number of nitrogens with zero attached hydrogens (tertiary/aromatic N) is 2. The average molecular weight is 387 g/mol. The van der Waals surface area contributed by atoms with Crippen LogP contribution in [0, 0.1) is 0 Å². The molecular weight excluding hydrogens is 366 g/mol. The first-order valence-corrected chi connectivity index (χ1v) is 9.97. The van der Waals surface area contributed by atoms with E-state index in [-0.39, 0.29) is 16.7 Å². The van der Waals surface area contributed by atoms with Crippen molar-refractivity contribution in [2.45, 2.75) is 17.7 Å². The zero-order valence-electron chi connectivity index (χ0n) is 15.2. The molecular formula is C19H21N3O4S. The number of hydrogen-bond acceptors (Lipinski definition) is 4. The lowest BCUT2D eigenvalue weighted by Gasteiger charge is -2.16. The van der Waals surface area contributed by atoms with Crippen LogP contribution in [-0.2, 0) is 14.8 Å². The Bertz CT molecular complexity index is 951. The summed E-state index contributed by atoms with van der Waals surface area (Å²) in [4.78, 5) is 26.0. The minimum atomic E-state index is -3.53. The van der Waals surface area contributed by atoms with Gasteiger partial charge in [0.15, 0.2) is 0 Å². The lowest BCUT2D eigenvalue weighted by Crippen LogP contribution is -2.23. The number of hydrogen-bond donors (Lipinski definition) is 1. The first-order valence-electron chi connectivity index (χ1n) is 8.53. The van der Waals surface area contributed by atoms with Crippen LogP contribution in [-0.4, -0.2) is 45.2 Å². The maximum Gasteiger partial charge on any atom is 0.255 e. The Hall–Kier alpha value is -2.71. The van der Waals surface area contributed by atoms with Gasteiger partial charge in [-0.3, -0.25) is 9.59 Å². The lowest BCUT2D eigenvalue weighted by atomic mass is 10.2. The van der Waals surface area contributed by atoms with E-state index in [1.165, 1.54) is 38.4 Å². The van der Waals surface area contributed by atoms with Gasteiger partial charge < -0.3 is 10.2 Å². The fourth-order valence-electron chi connectivity index (χ4n) is 2.84. The molecule has 0 aromatic heterocycles. The summed E-state index contributed by atoms with van der Waals surface area (Å²) in [5.41, 5.74) is 1.76. The predicted octanol–water partition coefficient (Wildman–Crippen LogP) is 2.32. The van der Waals surface area contributed by atoms with E-state index >= 15 is 0 Å². The number of rotatable bonds is 5. The van der Waals surface area contributed by atoms with Gasteiger partial charge in [-0.1, -0.05) is 0 Å². The molecule has 8 heteroatoms. The van der Waals surface area contributed by atoms with Crippen molar-refractivity contribution >= 4 is 33.2 Å². The molecule has 1 N–H and O–H groups in total. The van der Waals surface area contributed by atoms with Gasteiger partial charge >= 0.3 is 0 Å². The molecule has 1 heterocycles. The van der Waals surface area contributed by atoms with E-state index in [0.29, 0.717) is 24.2 Å². The van der Waals surface area contributed by atoms with Gasteiger partial charge in [0.05, 0.1) is 4.90 Å². The second-order valence-electron chi connectivity index (χ2n) is 6.46. The number of sulfonamides is 1. The third kappa shape index (κ3) is 4.01. The Labute approximate surface area is 158 Å². The quantitative estimate of drug-likeness (QED) is 0.853. The summed E-state index contributed by atoms with van der Waals surface area (Å²) in [6, 6.07) is 12.8. The molecule has 0 spiro atoms. The number of amides is 2. The highest BCUT2D eigenvalue weighted by Gasteiger charge is 2.21. The third-order valence-electron chi connectivity index (χ3n) is 4.41. The molecule has 0 bridgehead atoms. The molecule has 0 radical (unpaired) electrons. The fraction of sp³-hybridized carbons (Fsp3) is 0.263. The molecule has 3 rings (SSSR count). The molecule has 0 atom stereocenters. The van der Waals surface area contributed by atoms with Crippen LogP contribution in [0.1, 0.15) is 23.2 Å². The van der Waals surface area contributed by atoms with Gasteiger partial charge in [0.1, 0.15) is 0 Å². The van der Waals surface area contributed by atoms with Crippen LogP contribution in [0.15, 0.2) is 53.4 Å². The normalized spacial score (nSPS) is 14.6. The maximum absolute atomic E-state index is 12.4. The highest BCUT2D eigenvalue weighted by atomic mass is 32.2. The van der Waals surface area contributed by atoms with Crippen LogP contribution in [0.25, 0.3) is 0 Å². The molecule has 2 aromatic rings. The SMILES string of the molecule is CN(C)S(=O)(=O)c1ccc(C(=O)Nc2ccc(N3CCCC3=O)cc2)cc1. The molecule has 2 amide bonds. The molecule has 7 nitrogen and oxygen atoms in total. The number of nitrogens with one attached hydrogen (secondary N) is 1. The van der Waals surface area contributed by atoms with Crippen molar-refractivity contribution in [3.8, 4) is 0 Å². The van der Waals surface area contributed by atoms with Crippen molar-refractivity contribution in [2.75, 3.05) is 30.9 Å². The summed E-state index contributed by atoms with van der Waals surface area (Å²) in [5.74, 6) is -0.228. The van der Waals surface area contributed by atoms with E-state index in [9.17, 15) is 18.0 Å². The molecule has 0 unspecified atom stereocenters. The van der Waals surface area contributed by atoms with Crippen LogP contribution in [0.2, 0.25) is 0 Å². The van der Waals surface area contributed by atoms with E-state index in [4.69, 9.17) is 0 Å². The van der Waals surface area contributed by atoms with E-state index in [2.05, 4.69) is 5.32 Å². The van der Waals surface area contributed by atoms with Gasteiger partial charge in [0.25, 0.3) is 5.91 Å². The maximum atomic E-state index is 12.4. The van der Waals surface area contributed by atoms with Crippen molar-refractivity contribution < 1.29 is 18.0 Å². The second kappa shape index (κ2) is 7.50. The van der Waals surface area contributed by atoms with Crippen LogP contribution in [0.3, 0.4) is 0 Å². The summed E-state index contributed by atoms with van der Waals surface area (Å²) in [6.45, 7) is 0.715. The van der Waals surface area contributed by atoms with E-state index < -0.39 is 10.0 Å². The predicted molar refractivity (Wildman–Crippen MR) is 103 cm³/mol.